The van der Waals surface area contributed by atoms with Gasteiger partial charge in [0.2, 0.25) is 5.91 Å². The van der Waals surface area contributed by atoms with Crippen LogP contribution in [0.1, 0.15) is 15.2 Å². The van der Waals surface area contributed by atoms with Crippen LogP contribution >= 0.6 is 23.1 Å². The summed E-state index contributed by atoms with van der Waals surface area (Å²) < 4.78 is 0. The number of aromatic amines is 1. The van der Waals surface area contributed by atoms with Crippen molar-refractivity contribution in [1.82, 2.24) is 9.97 Å². The highest BCUT2D eigenvalue weighted by molar-refractivity contribution is 7.99. The quantitative estimate of drug-likeness (QED) is 0.424. The molecular weight excluding hydrogens is 410 g/mol. The molecule has 29 heavy (non-hydrogen) atoms. The number of thioether (sulfide) groups is 1. The summed E-state index contributed by atoms with van der Waals surface area (Å²) in [5, 5.41) is 4.47. The highest BCUT2D eigenvalue weighted by Gasteiger charge is 2.24. The Bertz CT molecular complexity index is 1130. The van der Waals surface area contributed by atoms with Gasteiger partial charge in [0.05, 0.1) is 10.6 Å². The van der Waals surface area contributed by atoms with E-state index in [0.717, 1.165) is 29.4 Å². The molecule has 148 valence electrons. The smallest absolute Gasteiger partial charge is 0.277 e. The van der Waals surface area contributed by atoms with Crippen LogP contribution < -0.4 is 21.5 Å². The number of amides is 2. The van der Waals surface area contributed by atoms with Gasteiger partial charge in [-0.1, -0.05) is 36.0 Å². The highest BCUT2D eigenvalue weighted by atomic mass is 32.2. The van der Waals surface area contributed by atoms with Crippen molar-refractivity contribution in [3.8, 4) is 0 Å². The van der Waals surface area contributed by atoms with E-state index in [1.165, 1.54) is 11.3 Å². The lowest BCUT2D eigenvalue weighted by atomic mass is 10.2. The van der Waals surface area contributed by atoms with Crippen molar-refractivity contribution in [1.29, 1.82) is 0 Å². The summed E-state index contributed by atoms with van der Waals surface area (Å²) in [7, 11) is 0. The zero-order valence-electron chi connectivity index (χ0n) is 15.2. The molecule has 0 spiro atoms. The first-order valence-electron chi connectivity index (χ1n) is 8.78. The Labute approximate surface area is 174 Å². The molecule has 1 aliphatic rings. The molecule has 0 saturated heterocycles. The van der Waals surface area contributed by atoms with Crippen LogP contribution in [0, 0.1) is 0 Å². The van der Waals surface area contributed by atoms with Gasteiger partial charge in [0, 0.05) is 12.2 Å². The summed E-state index contributed by atoms with van der Waals surface area (Å²) >= 11 is 2.35. The fourth-order valence-corrected chi connectivity index (χ4v) is 4.41. The first kappa shape index (κ1) is 19.2. The molecule has 2 amide bonds. The zero-order chi connectivity index (χ0) is 20.4. The lowest BCUT2D eigenvalue weighted by Gasteiger charge is -2.16. The number of nitrogens with one attached hydrogen (secondary N) is 2. The predicted octanol–water partition coefficient (Wildman–Crippen LogP) is 2.35. The summed E-state index contributed by atoms with van der Waals surface area (Å²) in [6.45, 7) is 0.637. The van der Waals surface area contributed by atoms with Crippen molar-refractivity contribution < 1.29 is 9.59 Å². The molecule has 4 rings (SSSR count). The van der Waals surface area contributed by atoms with E-state index >= 15 is 0 Å². The zero-order valence-corrected chi connectivity index (χ0v) is 16.8. The van der Waals surface area contributed by atoms with Gasteiger partial charge in [-0.25, -0.2) is 4.98 Å². The van der Waals surface area contributed by atoms with Crippen LogP contribution in [-0.2, 0) is 11.2 Å². The number of carbonyl (C=O) groups excluding carboxylic acids is 2. The number of hydrogen-bond donors (Lipinski definition) is 3. The van der Waals surface area contributed by atoms with Crippen LogP contribution in [0.4, 0.5) is 17.2 Å². The summed E-state index contributed by atoms with van der Waals surface area (Å²) in [6.07, 6.45) is 0.827. The molecule has 8 nitrogen and oxygen atoms in total. The monoisotopic (exact) mass is 427 g/mol. The van der Waals surface area contributed by atoms with Crippen molar-refractivity contribution in [2.24, 2.45) is 0 Å². The van der Waals surface area contributed by atoms with Crippen LogP contribution in [0.25, 0.3) is 0 Å². The van der Waals surface area contributed by atoms with E-state index in [1.807, 2.05) is 24.3 Å². The van der Waals surface area contributed by atoms with Gasteiger partial charge in [-0.05, 0) is 29.5 Å². The molecule has 0 radical (unpaired) electrons. The number of hydrogen-bond acceptors (Lipinski definition) is 7. The molecule has 1 aliphatic heterocycles. The Morgan fingerprint density at radius 3 is 2.86 bits per heavy atom. The van der Waals surface area contributed by atoms with Crippen LogP contribution in [0.15, 0.2) is 51.7 Å². The second-order valence-electron chi connectivity index (χ2n) is 6.28. The van der Waals surface area contributed by atoms with Crippen LogP contribution in [0.5, 0.6) is 0 Å². The number of rotatable bonds is 5. The van der Waals surface area contributed by atoms with E-state index < -0.39 is 11.5 Å². The molecule has 3 heterocycles. The largest absolute Gasteiger partial charge is 0.382 e. The number of H-pyrrole nitrogens is 1. The number of nitrogens with two attached hydrogens (primary N) is 1. The van der Waals surface area contributed by atoms with E-state index in [4.69, 9.17) is 5.73 Å². The third-order valence-electron chi connectivity index (χ3n) is 4.43. The van der Waals surface area contributed by atoms with Gasteiger partial charge in [0.1, 0.15) is 0 Å². The average Bonchev–Trinajstić information content (AvgIpc) is 3.38. The number of para-hydroxylation sites is 1. The Balaban J connectivity index is 1.43. The second-order valence-corrected chi connectivity index (χ2v) is 8.19. The van der Waals surface area contributed by atoms with Crippen LogP contribution in [0.3, 0.4) is 0 Å². The standard InChI is InChI=1S/C19H17N5O3S2/c20-16-15(21-17(26)13-6-3-9-28-13)18(27)23-19(22-16)29-10-14(25)24-8-7-11-4-1-2-5-12(11)24/h1-6,9H,7-8,10H2,(H,21,26)(H3,20,22,23,27). The highest BCUT2D eigenvalue weighted by Crippen LogP contribution is 2.28. The van der Waals surface area contributed by atoms with E-state index in [1.54, 1.807) is 22.4 Å². The minimum Gasteiger partial charge on any atom is -0.382 e. The van der Waals surface area contributed by atoms with Gasteiger partial charge in [0.15, 0.2) is 16.7 Å². The maximum Gasteiger partial charge on any atom is 0.277 e. The van der Waals surface area contributed by atoms with Crippen LogP contribution in [-0.4, -0.2) is 34.1 Å². The summed E-state index contributed by atoms with van der Waals surface area (Å²) in [6, 6.07) is 11.2. The fourth-order valence-electron chi connectivity index (χ4n) is 3.05. The Morgan fingerprint density at radius 2 is 2.10 bits per heavy atom. The Hall–Kier alpha value is -3.11. The number of carbonyl (C=O) groups is 2. The normalized spacial score (nSPS) is 12.6. The number of thiophene rings is 1. The minimum absolute atomic E-state index is 0.0729. The molecule has 0 fully saturated rings. The van der Waals surface area contributed by atoms with Gasteiger partial charge < -0.3 is 16.0 Å². The third kappa shape index (κ3) is 4.03. The minimum atomic E-state index is -0.566. The number of anilines is 3. The van der Waals surface area contributed by atoms with Crippen molar-refractivity contribution >= 4 is 52.1 Å². The van der Waals surface area contributed by atoms with Crippen molar-refractivity contribution in [2.75, 3.05) is 28.2 Å². The van der Waals surface area contributed by atoms with Gasteiger partial charge in [0.25, 0.3) is 11.5 Å². The first-order valence-corrected chi connectivity index (χ1v) is 10.6. The molecule has 0 bridgehead atoms. The van der Waals surface area contributed by atoms with E-state index in [9.17, 15) is 14.4 Å². The summed E-state index contributed by atoms with van der Waals surface area (Å²) in [5.74, 6) is -0.490. The van der Waals surface area contributed by atoms with Crippen LogP contribution in [0.2, 0.25) is 0 Å². The molecule has 2 aromatic heterocycles. The topological polar surface area (TPSA) is 121 Å². The number of fused-ring (bicyclic) bond motifs is 1. The maximum absolute atomic E-state index is 12.6. The lowest BCUT2D eigenvalue weighted by molar-refractivity contribution is -0.116. The molecular formula is C19H17N5O3S2. The third-order valence-corrected chi connectivity index (χ3v) is 6.16. The molecule has 0 saturated carbocycles. The molecule has 4 N–H and O–H groups in total. The van der Waals surface area contributed by atoms with Crippen molar-refractivity contribution in [3.63, 3.8) is 0 Å². The fraction of sp³-hybridized carbons (Fsp3) is 0.158. The molecule has 1 aromatic carbocycles. The van der Waals surface area contributed by atoms with E-state index in [0.29, 0.717) is 11.4 Å². The molecule has 0 aliphatic carbocycles. The Morgan fingerprint density at radius 1 is 1.28 bits per heavy atom. The van der Waals surface area contributed by atoms with Crippen molar-refractivity contribution in [3.05, 3.63) is 62.6 Å². The maximum atomic E-state index is 12.6. The molecule has 10 heteroatoms. The number of nitrogens with zero attached hydrogens (tertiary/aromatic N) is 2. The SMILES string of the molecule is Nc1nc(SCC(=O)N2CCc3ccccc32)[nH]c(=O)c1NC(=O)c1cccs1. The second kappa shape index (κ2) is 8.10. The molecule has 0 atom stereocenters. The van der Waals surface area contributed by atoms with Gasteiger partial charge in [-0.15, -0.1) is 11.3 Å². The number of aromatic nitrogens is 2. The number of benzene rings is 1. The number of nitrogen functional groups attached to an aromatic ring is 1. The molecule has 3 aromatic rings. The van der Waals surface area contributed by atoms with Gasteiger partial charge >= 0.3 is 0 Å². The first-order chi connectivity index (χ1) is 14.0. The predicted molar refractivity (Wildman–Crippen MR) is 115 cm³/mol. The van der Waals surface area contributed by atoms with Gasteiger partial charge in [-0.2, -0.15) is 0 Å². The van der Waals surface area contributed by atoms with Gasteiger partial charge in [-0.3, -0.25) is 19.4 Å². The summed E-state index contributed by atoms with van der Waals surface area (Å²) in [5.41, 5.74) is 7.26. The lowest BCUT2D eigenvalue weighted by Crippen LogP contribution is -2.30. The van der Waals surface area contributed by atoms with E-state index in [-0.39, 0.29) is 28.3 Å². The average molecular weight is 428 g/mol. The molecule has 0 unspecified atom stereocenters. The van der Waals surface area contributed by atoms with Crippen molar-refractivity contribution in [2.45, 2.75) is 11.6 Å². The summed E-state index contributed by atoms with van der Waals surface area (Å²) in [4.78, 5) is 45.9. The Kier molecular flexibility index (Phi) is 5.36. The van der Waals surface area contributed by atoms with E-state index in [2.05, 4.69) is 15.3 Å².